The van der Waals surface area contributed by atoms with E-state index in [-0.39, 0.29) is 6.61 Å². The second kappa shape index (κ2) is 10.5. The van der Waals surface area contributed by atoms with Gasteiger partial charge in [0.05, 0.1) is 12.2 Å². The van der Waals surface area contributed by atoms with Crippen LogP contribution in [0, 0.1) is 13.8 Å². The Morgan fingerprint density at radius 1 is 0.914 bits per heavy atom. The van der Waals surface area contributed by atoms with Gasteiger partial charge in [-0.25, -0.2) is 4.79 Å². The van der Waals surface area contributed by atoms with Crippen molar-refractivity contribution in [1.29, 1.82) is 0 Å². The van der Waals surface area contributed by atoms with Gasteiger partial charge in [-0.15, -0.1) is 0 Å². The van der Waals surface area contributed by atoms with Gasteiger partial charge in [-0.05, 0) is 37.1 Å². The summed E-state index contributed by atoms with van der Waals surface area (Å²) in [5, 5.41) is 11.5. The zero-order chi connectivity index (χ0) is 24.4. The lowest BCUT2D eigenvalue weighted by atomic mass is 9.98. The number of aliphatic hydroxyl groups is 1. The molecule has 0 bridgehead atoms. The number of ether oxygens (including phenoxy) is 4. The molecular weight excluding hydrogens is 464 g/mol. The zero-order valence-electron chi connectivity index (χ0n) is 19.6. The van der Waals surface area contributed by atoms with E-state index in [9.17, 15) is 9.90 Å². The molecule has 0 unspecified atom stereocenters. The van der Waals surface area contributed by atoms with Crippen LogP contribution in [0.4, 0.5) is 0 Å². The Hall–Kier alpha value is -2.68. The number of fused-ring (bicyclic) bond motifs is 1. The third-order valence-electron chi connectivity index (χ3n) is 6.28. The van der Waals surface area contributed by atoms with Crippen molar-refractivity contribution in [1.82, 2.24) is 0 Å². The van der Waals surface area contributed by atoms with E-state index in [1.165, 1.54) is 11.8 Å². The summed E-state index contributed by atoms with van der Waals surface area (Å²) >= 11 is 1.45. The van der Waals surface area contributed by atoms with Crippen molar-refractivity contribution in [3.63, 3.8) is 0 Å². The van der Waals surface area contributed by atoms with Gasteiger partial charge in [0.1, 0.15) is 23.7 Å². The van der Waals surface area contributed by atoms with Crippen molar-refractivity contribution in [2.75, 3.05) is 6.61 Å². The fourth-order valence-corrected chi connectivity index (χ4v) is 5.72. The first-order valence-electron chi connectivity index (χ1n) is 11.7. The molecule has 182 valence electrons. The van der Waals surface area contributed by atoms with Gasteiger partial charge >= 0.3 is 5.97 Å². The minimum absolute atomic E-state index is 0.254. The maximum Gasteiger partial charge on any atom is 0.338 e. The van der Waals surface area contributed by atoms with Crippen molar-refractivity contribution < 1.29 is 28.8 Å². The molecule has 2 aliphatic rings. The maximum atomic E-state index is 13.0. The van der Waals surface area contributed by atoms with Crippen LogP contribution in [0.1, 0.15) is 33.3 Å². The smallest absolute Gasteiger partial charge is 0.338 e. The molecule has 6 nitrogen and oxygen atoms in total. The molecule has 0 aromatic heterocycles. The van der Waals surface area contributed by atoms with E-state index in [4.69, 9.17) is 18.9 Å². The van der Waals surface area contributed by atoms with Crippen LogP contribution in [0.2, 0.25) is 0 Å². The van der Waals surface area contributed by atoms with Crippen LogP contribution in [-0.2, 0) is 18.9 Å². The van der Waals surface area contributed by atoms with Gasteiger partial charge in [0.25, 0.3) is 0 Å². The second-order valence-electron chi connectivity index (χ2n) is 8.78. The van der Waals surface area contributed by atoms with Crippen molar-refractivity contribution >= 4 is 17.7 Å². The third-order valence-corrected chi connectivity index (χ3v) is 7.77. The van der Waals surface area contributed by atoms with Crippen molar-refractivity contribution in [3.8, 4) is 0 Å². The van der Waals surface area contributed by atoms with Gasteiger partial charge < -0.3 is 24.1 Å². The van der Waals surface area contributed by atoms with E-state index in [1.807, 2.05) is 68.4 Å². The Bertz CT molecular complexity index is 1130. The van der Waals surface area contributed by atoms with Crippen molar-refractivity contribution in [3.05, 3.63) is 101 Å². The Kier molecular flexibility index (Phi) is 7.22. The highest BCUT2D eigenvalue weighted by Gasteiger charge is 2.51. The average molecular weight is 493 g/mol. The van der Waals surface area contributed by atoms with Crippen LogP contribution >= 0.6 is 11.8 Å². The number of benzene rings is 3. The van der Waals surface area contributed by atoms with Gasteiger partial charge in [0.2, 0.25) is 0 Å². The number of hydrogen-bond donors (Lipinski definition) is 1. The van der Waals surface area contributed by atoms with Crippen LogP contribution in [0.25, 0.3) is 0 Å². The first kappa shape index (κ1) is 24.0. The monoisotopic (exact) mass is 492 g/mol. The van der Waals surface area contributed by atoms with Gasteiger partial charge in [-0.1, -0.05) is 78.5 Å². The van der Waals surface area contributed by atoms with Crippen molar-refractivity contribution in [2.45, 2.75) is 54.9 Å². The summed E-state index contributed by atoms with van der Waals surface area (Å²) in [5.74, 6) is -0.518. The van der Waals surface area contributed by atoms with E-state index in [0.717, 1.165) is 21.6 Å². The molecule has 3 aromatic rings. The molecule has 6 atom stereocenters. The number of esters is 1. The number of carbonyl (C=O) groups is 1. The number of hydrogen-bond acceptors (Lipinski definition) is 7. The van der Waals surface area contributed by atoms with Crippen LogP contribution in [-0.4, -0.2) is 47.5 Å². The Balaban J connectivity index is 1.42. The number of rotatable bonds is 5. The number of aliphatic hydroxyl groups excluding tert-OH is 1. The Morgan fingerprint density at radius 2 is 1.57 bits per heavy atom. The van der Waals surface area contributed by atoms with Crippen LogP contribution in [0.5, 0.6) is 0 Å². The van der Waals surface area contributed by atoms with Gasteiger partial charge in [0.15, 0.2) is 12.4 Å². The molecule has 3 aromatic carbocycles. The van der Waals surface area contributed by atoms with E-state index < -0.39 is 42.1 Å². The standard InChI is InChI=1S/C28H28O6S/c1-17-10-9-11-18(2)25(17)35-28-24(33-26(30)19-12-5-3-6-13-19)22(29)23-21(32-28)16-31-27(34-23)20-14-7-4-8-15-20/h3-15,21-24,27-29H,16H2,1-2H3/t21-,22+,23+,24-,27+,28+/m1/s1. The molecule has 2 aliphatic heterocycles. The molecule has 2 saturated heterocycles. The number of thioether (sulfide) groups is 1. The topological polar surface area (TPSA) is 74.2 Å². The van der Waals surface area contributed by atoms with Gasteiger partial charge in [-0.2, -0.15) is 0 Å². The molecule has 0 spiro atoms. The first-order chi connectivity index (χ1) is 17.0. The summed E-state index contributed by atoms with van der Waals surface area (Å²) in [4.78, 5) is 14.0. The Morgan fingerprint density at radius 3 is 2.26 bits per heavy atom. The second-order valence-corrected chi connectivity index (χ2v) is 9.89. The molecule has 2 fully saturated rings. The molecule has 1 N–H and O–H groups in total. The summed E-state index contributed by atoms with van der Waals surface area (Å²) in [6.45, 7) is 4.31. The van der Waals surface area contributed by atoms with E-state index >= 15 is 0 Å². The number of carbonyl (C=O) groups excluding carboxylic acids is 1. The molecule has 0 saturated carbocycles. The molecule has 2 heterocycles. The molecular formula is C28H28O6S. The normalized spacial score (nSPS) is 28.2. The van der Waals surface area contributed by atoms with Crippen molar-refractivity contribution in [2.24, 2.45) is 0 Å². The zero-order valence-corrected chi connectivity index (χ0v) is 20.4. The highest BCUT2D eigenvalue weighted by molar-refractivity contribution is 8.00. The molecule has 7 heteroatoms. The highest BCUT2D eigenvalue weighted by atomic mass is 32.2. The molecule has 5 rings (SSSR count). The van der Waals surface area contributed by atoms with Crippen LogP contribution in [0.15, 0.2) is 83.8 Å². The lowest BCUT2D eigenvalue weighted by Crippen LogP contribution is -2.61. The fourth-order valence-electron chi connectivity index (χ4n) is 4.43. The summed E-state index contributed by atoms with van der Waals surface area (Å²) in [7, 11) is 0. The molecule has 0 radical (unpaired) electrons. The predicted octanol–water partition coefficient (Wildman–Crippen LogP) is 4.82. The summed E-state index contributed by atoms with van der Waals surface area (Å²) in [6, 6.07) is 24.4. The maximum absolute atomic E-state index is 13.0. The fraction of sp³-hybridized carbons (Fsp3) is 0.321. The lowest BCUT2D eigenvalue weighted by Gasteiger charge is -2.47. The first-order valence-corrected chi connectivity index (χ1v) is 12.5. The third kappa shape index (κ3) is 5.15. The average Bonchev–Trinajstić information content (AvgIpc) is 2.89. The predicted molar refractivity (Wildman–Crippen MR) is 132 cm³/mol. The summed E-state index contributed by atoms with van der Waals surface area (Å²) in [5.41, 5.74) is 2.79. The number of aryl methyl sites for hydroxylation is 2. The quantitative estimate of drug-likeness (QED) is 0.512. The minimum atomic E-state index is -1.10. The van der Waals surface area contributed by atoms with Crippen LogP contribution < -0.4 is 0 Å². The van der Waals surface area contributed by atoms with Gasteiger partial charge in [-0.3, -0.25) is 0 Å². The van der Waals surface area contributed by atoms with Crippen LogP contribution in [0.3, 0.4) is 0 Å². The van der Waals surface area contributed by atoms with Gasteiger partial charge in [0, 0.05) is 10.5 Å². The Labute approximate surface area is 209 Å². The molecule has 0 amide bonds. The largest absolute Gasteiger partial charge is 0.452 e. The molecule has 35 heavy (non-hydrogen) atoms. The summed E-state index contributed by atoms with van der Waals surface area (Å²) < 4.78 is 24.4. The summed E-state index contributed by atoms with van der Waals surface area (Å²) in [6.07, 6.45) is -3.89. The van der Waals surface area contributed by atoms with E-state index in [0.29, 0.717) is 5.56 Å². The SMILES string of the molecule is Cc1cccc(C)c1S[C@@H]1O[C@@H]2CO[C@H](c3ccccc3)O[C@@H]2[C@H](O)[C@H]1OC(=O)c1ccccc1. The lowest BCUT2D eigenvalue weighted by molar-refractivity contribution is -0.317. The van der Waals surface area contributed by atoms with E-state index in [2.05, 4.69) is 0 Å². The molecule has 0 aliphatic carbocycles. The highest BCUT2D eigenvalue weighted by Crippen LogP contribution is 2.41. The van der Waals surface area contributed by atoms with E-state index in [1.54, 1.807) is 24.3 Å². The minimum Gasteiger partial charge on any atom is -0.452 e.